The van der Waals surface area contributed by atoms with Gasteiger partial charge in [0, 0.05) is 5.69 Å². The number of nitrogens with zero attached hydrogens (tertiary/aromatic N) is 6. The summed E-state index contributed by atoms with van der Waals surface area (Å²) >= 11 is 1.61. The molecule has 0 saturated heterocycles. The second-order valence-electron chi connectivity index (χ2n) is 4.76. The molecule has 0 amide bonds. The molecule has 20 heavy (non-hydrogen) atoms. The first-order valence-corrected chi connectivity index (χ1v) is 7.17. The summed E-state index contributed by atoms with van der Waals surface area (Å²) in [5.74, 6) is 0.747. The highest BCUT2D eigenvalue weighted by Gasteiger charge is 2.10. The standard InChI is InChI=1S/C13H12N6S/c1-8-5-9(2)18(16-8)6-11-15-12-10-3-4-20-13(10)14-7-19(12)17-11/h3-5,7H,6H2,1-2H3. The van der Waals surface area contributed by atoms with Gasteiger partial charge in [-0.3, -0.25) is 4.68 Å². The Kier molecular flexibility index (Phi) is 2.37. The van der Waals surface area contributed by atoms with Crippen molar-refractivity contribution in [1.29, 1.82) is 0 Å². The number of hydrogen-bond acceptors (Lipinski definition) is 5. The maximum absolute atomic E-state index is 4.62. The lowest BCUT2D eigenvalue weighted by Gasteiger charge is -1.98. The van der Waals surface area contributed by atoms with Crippen molar-refractivity contribution in [1.82, 2.24) is 29.4 Å². The van der Waals surface area contributed by atoms with Gasteiger partial charge in [-0.2, -0.15) is 5.10 Å². The molecule has 0 aliphatic rings. The fourth-order valence-corrected chi connectivity index (χ4v) is 3.07. The van der Waals surface area contributed by atoms with Crippen LogP contribution < -0.4 is 0 Å². The van der Waals surface area contributed by atoms with E-state index in [1.807, 2.05) is 30.0 Å². The summed E-state index contributed by atoms with van der Waals surface area (Å²) in [5, 5.41) is 12.0. The Morgan fingerprint density at radius 3 is 2.95 bits per heavy atom. The van der Waals surface area contributed by atoms with Gasteiger partial charge in [-0.25, -0.2) is 14.5 Å². The van der Waals surface area contributed by atoms with E-state index >= 15 is 0 Å². The van der Waals surface area contributed by atoms with E-state index in [2.05, 4.69) is 26.2 Å². The molecular formula is C13H12N6S. The van der Waals surface area contributed by atoms with Crippen LogP contribution in [0.2, 0.25) is 0 Å². The summed E-state index contributed by atoms with van der Waals surface area (Å²) in [6.07, 6.45) is 1.71. The molecule has 100 valence electrons. The van der Waals surface area contributed by atoms with Crippen molar-refractivity contribution in [2.75, 3.05) is 0 Å². The third-order valence-corrected chi connectivity index (χ3v) is 4.06. The second-order valence-corrected chi connectivity index (χ2v) is 5.66. The maximum atomic E-state index is 4.62. The zero-order chi connectivity index (χ0) is 13.7. The molecule has 0 aliphatic heterocycles. The highest BCUT2D eigenvalue weighted by molar-refractivity contribution is 7.16. The molecule has 0 aromatic carbocycles. The lowest BCUT2D eigenvalue weighted by atomic mass is 10.4. The van der Waals surface area contributed by atoms with Gasteiger partial charge < -0.3 is 0 Å². The molecule has 7 heteroatoms. The SMILES string of the molecule is Cc1cc(C)n(Cc2nc3c4ccsc4ncn3n2)n1. The lowest BCUT2D eigenvalue weighted by molar-refractivity contribution is 0.630. The Hall–Kier alpha value is -2.28. The monoisotopic (exact) mass is 284 g/mol. The normalized spacial score (nSPS) is 11.7. The van der Waals surface area contributed by atoms with E-state index in [0.29, 0.717) is 6.54 Å². The van der Waals surface area contributed by atoms with E-state index < -0.39 is 0 Å². The number of hydrogen-bond donors (Lipinski definition) is 0. The summed E-state index contributed by atoms with van der Waals surface area (Å²) < 4.78 is 3.65. The van der Waals surface area contributed by atoms with Crippen LogP contribution in [0.3, 0.4) is 0 Å². The molecule has 0 saturated carbocycles. The Balaban J connectivity index is 1.82. The van der Waals surface area contributed by atoms with Gasteiger partial charge in [0.2, 0.25) is 0 Å². The summed E-state index contributed by atoms with van der Waals surface area (Å²) in [6.45, 7) is 4.60. The summed E-state index contributed by atoms with van der Waals surface area (Å²) in [4.78, 5) is 9.97. The number of thiophene rings is 1. The van der Waals surface area contributed by atoms with E-state index in [4.69, 9.17) is 0 Å². The molecule has 4 rings (SSSR count). The highest BCUT2D eigenvalue weighted by Crippen LogP contribution is 2.21. The van der Waals surface area contributed by atoms with Crippen molar-refractivity contribution in [3.8, 4) is 0 Å². The quantitative estimate of drug-likeness (QED) is 0.566. The minimum Gasteiger partial charge on any atom is -0.262 e. The molecule has 0 atom stereocenters. The largest absolute Gasteiger partial charge is 0.262 e. The van der Waals surface area contributed by atoms with Crippen LogP contribution in [0.15, 0.2) is 23.8 Å². The van der Waals surface area contributed by atoms with E-state index in [1.54, 1.807) is 22.2 Å². The number of aromatic nitrogens is 6. The Labute approximate surface area is 118 Å². The maximum Gasteiger partial charge on any atom is 0.173 e. The minimum atomic E-state index is 0.576. The summed E-state index contributed by atoms with van der Waals surface area (Å²) in [6, 6.07) is 4.08. The Bertz CT molecular complexity index is 916. The molecule has 0 unspecified atom stereocenters. The van der Waals surface area contributed by atoms with Crippen molar-refractivity contribution < 1.29 is 0 Å². The Morgan fingerprint density at radius 1 is 1.25 bits per heavy atom. The molecule has 4 aromatic rings. The van der Waals surface area contributed by atoms with E-state index in [-0.39, 0.29) is 0 Å². The highest BCUT2D eigenvalue weighted by atomic mass is 32.1. The zero-order valence-electron chi connectivity index (χ0n) is 11.1. The summed E-state index contributed by atoms with van der Waals surface area (Å²) in [7, 11) is 0. The van der Waals surface area contributed by atoms with Gasteiger partial charge in [-0.1, -0.05) is 0 Å². The van der Waals surface area contributed by atoms with Crippen molar-refractivity contribution in [2.45, 2.75) is 20.4 Å². The van der Waals surface area contributed by atoms with Crippen molar-refractivity contribution >= 4 is 27.2 Å². The van der Waals surface area contributed by atoms with Gasteiger partial charge in [0.25, 0.3) is 0 Å². The van der Waals surface area contributed by atoms with Gasteiger partial charge in [0.15, 0.2) is 11.5 Å². The predicted molar refractivity (Wildman–Crippen MR) is 77.0 cm³/mol. The number of aryl methyl sites for hydroxylation is 2. The third kappa shape index (κ3) is 1.70. The van der Waals surface area contributed by atoms with E-state index in [0.717, 1.165) is 33.1 Å². The van der Waals surface area contributed by atoms with Gasteiger partial charge >= 0.3 is 0 Å². The van der Waals surface area contributed by atoms with Crippen molar-refractivity contribution in [2.24, 2.45) is 0 Å². The van der Waals surface area contributed by atoms with Gasteiger partial charge in [-0.15, -0.1) is 16.4 Å². The van der Waals surface area contributed by atoms with E-state index in [9.17, 15) is 0 Å². The molecule has 0 spiro atoms. The Morgan fingerprint density at radius 2 is 2.15 bits per heavy atom. The number of fused-ring (bicyclic) bond motifs is 3. The van der Waals surface area contributed by atoms with Crippen LogP contribution in [0.4, 0.5) is 0 Å². The van der Waals surface area contributed by atoms with Crippen LogP contribution in [0, 0.1) is 13.8 Å². The first-order valence-electron chi connectivity index (χ1n) is 6.29. The van der Waals surface area contributed by atoms with Crippen molar-refractivity contribution in [3.63, 3.8) is 0 Å². The molecule has 0 fully saturated rings. The van der Waals surface area contributed by atoms with Crippen LogP contribution >= 0.6 is 11.3 Å². The van der Waals surface area contributed by atoms with Crippen molar-refractivity contribution in [3.05, 3.63) is 41.1 Å². The van der Waals surface area contributed by atoms with Gasteiger partial charge in [0.05, 0.1) is 11.1 Å². The average molecular weight is 284 g/mol. The molecule has 0 aliphatic carbocycles. The van der Waals surface area contributed by atoms with Crippen LogP contribution in [-0.2, 0) is 6.54 Å². The first-order chi connectivity index (χ1) is 9.70. The fraction of sp³-hybridized carbons (Fsp3) is 0.231. The molecular weight excluding hydrogens is 272 g/mol. The van der Waals surface area contributed by atoms with Crippen LogP contribution in [0.5, 0.6) is 0 Å². The summed E-state index contributed by atoms with van der Waals surface area (Å²) in [5.41, 5.74) is 2.97. The van der Waals surface area contributed by atoms with Crippen LogP contribution in [0.1, 0.15) is 17.2 Å². The molecule has 0 radical (unpaired) electrons. The van der Waals surface area contributed by atoms with Crippen LogP contribution in [0.25, 0.3) is 15.9 Å². The average Bonchev–Trinajstić information content (AvgIpc) is 3.07. The third-order valence-electron chi connectivity index (χ3n) is 3.24. The fourth-order valence-electron chi connectivity index (χ4n) is 2.35. The molecule has 0 bridgehead atoms. The van der Waals surface area contributed by atoms with Gasteiger partial charge in [0.1, 0.15) is 17.7 Å². The van der Waals surface area contributed by atoms with Gasteiger partial charge in [-0.05, 0) is 31.4 Å². The molecule has 0 N–H and O–H groups in total. The topological polar surface area (TPSA) is 60.9 Å². The lowest BCUT2D eigenvalue weighted by Crippen LogP contribution is -2.05. The number of rotatable bonds is 2. The van der Waals surface area contributed by atoms with Crippen LogP contribution in [-0.4, -0.2) is 29.4 Å². The second kappa shape index (κ2) is 4.11. The first kappa shape index (κ1) is 11.5. The van der Waals surface area contributed by atoms with E-state index in [1.165, 1.54) is 0 Å². The molecule has 6 nitrogen and oxygen atoms in total. The predicted octanol–water partition coefficient (Wildman–Crippen LogP) is 2.20. The molecule has 4 heterocycles. The smallest absolute Gasteiger partial charge is 0.173 e. The molecule has 4 aromatic heterocycles. The minimum absolute atomic E-state index is 0.576. The zero-order valence-corrected chi connectivity index (χ0v) is 11.9.